The number of nitrogens with one attached hydrogen (secondary N) is 2. The SMILES string of the molecule is CC[C@@H]1[C@@H]2CN(C(=O)[C@H](C(C)(C)C)NC(=O)O[C@@H]3C[C@@H]4C[C@@H]4[C@H]3CCCCC(F)(F)c3nc4ccc(OC)cc4nc3O2)[C@@H]1C(=O)C[C@]1(C(=O)NS(=O)(=O)C2(C)CC2)C[C@H]1C(F)F. The Labute approximate surface area is 364 Å². The summed E-state index contributed by atoms with van der Waals surface area (Å²) >= 11 is 0. The van der Waals surface area contributed by atoms with Crippen LogP contribution in [-0.2, 0) is 35.1 Å². The number of hydrogen-bond donors (Lipinski definition) is 2. The van der Waals surface area contributed by atoms with Gasteiger partial charge in [0.05, 0.1) is 40.9 Å². The molecule has 8 rings (SSSR count). The maximum atomic E-state index is 16.6. The molecular weight excluding hydrogens is 851 g/mol. The summed E-state index contributed by atoms with van der Waals surface area (Å²) in [5.74, 6) is -8.53. The molecule has 2 bridgehead atoms. The van der Waals surface area contributed by atoms with Gasteiger partial charge in [0.1, 0.15) is 24.0 Å². The van der Waals surface area contributed by atoms with Gasteiger partial charge in [0, 0.05) is 30.7 Å². The first-order chi connectivity index (χ1) is 29.5. The molecule has 19 heteroatoms. The Morgan fingerprint density at radius 2 is 1.76 bits per heavy atom. The summed E-state index contributed by atoms with van der Waals surface area (Å²) in [4.78, 5) is 67.6. The van der Waals surface area contributed by atoms with Gasteiger partial charge in [-0.15, -0.1) is 0 Å². The van der Waals surface area contributed by atoms with Crippen LogP contribution in [0.3, 0.4) is 0 Å². The normalized spacial score (nSPS) is 33.7. The molecule has 0 radical (unpaired) electrons. The number of benzene rings is 1. The van der Waals surface area contributed by atoms with Crippen molar-refractivity contribution in [2.45, 2.75) is 147 Å². The predicted molar refractivity (Wildman–Crippen MR) is 219 cm³/mol. The second kappa shape index (κ2) is 16.0. The molecule has 63 heavy (non-hydrogen) atoms. The van der Waals surface area contributed by atoms with Gasteiger partial charge in [-0.25, -0.2) is 32.0 Å². The molecule has 5 fully saturated rings. The van der Waals surface area contributed by atoms with Gasteiger partial charge >= 0.3 is 6.09 Å². The van der Waals surface area contributed by atoms with Crippen LogP contribution in [0.4, 0.5) is 22.4 Å². The van der Waals surface area contributed by atoms with Crippen LogP contribution in [0.2, 0.25) is 0 Å². The van der Waals surface area contributed by atoms with Crippen LogP contribution >= 0.6 is 0 Å². The van der Waals surface area contributed by atoms with Gasteiger partial charge in [0.25, 0.3) is 5.92 Å². The minimum absolute atomic E-state index is 0.0517. The fourth-order valence-corrected chi connectivity index (χ4v) is 11.8. The molecule has 3 amide bonds. The number of aromatic nitrogens is 2. The Hall–Kier alpha value is -4.29. The number of ether oxygens (including phenoxy) is 3. The molecule has 1 saturated heterocycles. The van der Waals surface area contributed by atoms with Gasteiger partial charge < -0.3 is 24.4 Å². The van der Waals surface area contributed by atoms with Gasteiger partial charge in [-0.1, -0.05) is 34.1 Å². The lowest BCUT2D eigenvalue weighted by Crippen LogP contribution is -2.58. The number of methoxy groups -OCH3 is 1. The molecule has 3 heterocycles. The van der Waals surface area contributed by atoms with Gasteiger partial charge in [-0.2, -0.15) is 8.78 Å². The Bertz CT molecular complexity index is 2290. The second-order valence-electron chi connectivity index (χ2n) is 20.1. The van der Waals surface area contributed by atoms with Crippen molar-refractivity contribution in [1.29, 1.82) is 0 Å². The Morgan fingerprint density at radius 1 is 1.03 bits per heavy atom. The quantitative estimate of drug-likeness (QED) is 0.256. The average Bonchev–Trinajstić information content (AvgIpc) is 4.17. The van der Waals surface area contributed by atoms with Crippen LogP contribution in [0.15, 0.2) is 18.2 Å². The fraction of sp³-hybridized carbons (Fsp3) is 0.727. The van der Waals surface area contributed by atoms with E-state index in [4.69, 9.17) is 14.2 Å². The molecule has 1 aromatic heterocycles. The molecule has 2 N–H and O–H groups in total. The summed E-state index contributed by atoms with van der Waals surface area (Å²) in [6.07, 6.45) is -4.25. The molecule has 2 aromatic rings. The van der Waals surface area contributed by atoms with Crippen LogP contribution in [0.5, 0.6) is 11.6 Å². The molecule has 4 saturated carbocycles. The minimum Gasteiger partial charge on any atom is -0.497 e. The van der Waals surface area contributed by atoms with E-state index in [1.165, 1.54) is 26.2 Å². The summed E-state index contributed by atoms with van der Waals surface area (Å²) in [6.45, 7) is 7.84. The number of rotatable bonds is 9. The lowest BCUT2D eigenvalue weighted by atomic mass is 9.84. The molecular formula is C44H57F4N5O9S. The molecule has 346 valence electrons. The van der Waals surface area contributed by atoms with Crippen LogP contribution < -0.4 is 19.5 Å². The van der Waals surface area contributed by atoms with Crippen LogP contribution in [0.25, 0.3) is 11.0 Å². The first kappa shape index (κ1) is 45.3. The monoisotopic (exact) mass is 907 g/mol. The fourth-order valence-electron chi connectivity index (χ4n) is 10.5. The average molecular weight is 908 g/mol. The zero-order chi connectivity index (χ0) is 45.6. The summed E-state index contributed by atoms with van der Waals surface area (Å²) in [7, 11) is -2.85. The van der Waals surface area contributed by atoms with Gasteiger partial charge in [-0.3, -0.25) is 19.1 Å². The standard InChI is InChI=1S/C44H57F4N5O9S/c1-7-24-32-21-53(33(24)30(54)20-43(19-27(43)36(45)46)39(56)52-63(58,59)42(5)14-15-42)38(55)35(41(2,3)4)51-40(57)62-31-17-22-16-26(22)25(31)10-8-9-13-44(47,48)34-37(61-32)50-29-18-23(60-6)11-12-28(29)49-34/h11-12,18,22,24-27,31-33,35-36H,7-10,13-17,19-21H2,1-6H3,(H,51,57)(H,52,56)/t22-,24+,25+,26-,27-,31+,32-,33-,35+,43+/m0/s1. The van der Waals surface area contributed by atoms with E-state index in [0.29, 0.717) is 36.8 Å². The van der Waals surface area contributed by atoms with Crippen molar-refractivity contribution >= 4 is 44.7 Å². The number of carbonyl (C=O) groups is 4. The molecule has 14 nitrogen and oxygen atoms in total. The number of amides is 3. The van der Waals surface area contributed by atoms with E-state index in [1.54, 1.807) is 33.8 Å². The first-order valence-electron chi connectivity index (χ1n) is 22.1. The summed E-state index contributed by atoms with van der Waals surface area (Å²) in [6, 6.07) is 1.78. The van der Waals surface area contributed by atoms with Crippen LogP contribution in [0, 0.1) is 40.4 Å². The number of alkyl halides is 4. The molecule has 6 aliphatic rings. The van der Waals surface area contributed by atoms with Crippen LogP contribution in [-0.4, -0.2) is 96.1 Å². The lowest BCUT2D eigenvalue weighted by Gasteiger charge is -2.36. The van der Waals surface area contributed by atoms with E-state index >= 15 is 13.6 Å². The van der Waals surface area contributed by atoms with E-state index in [2.05, 4.69) is 15.3 Å². The van der Waals surface area contributed by atoms with E-state index in [9.17, 15) is 31.6 Å². The maximum absolute atomic E-state index is 16.6. The number of sulfonamides is 1. The number of ketones is 1. The molecule has 2 aliphatic heterocycles. The minimum atomic E-state index is -4.28. The van der Waals surface area contributed by atoms with E-state index in [-0.39, 0.29) is 42.6 Å². The first-order valence-corrected chi connectivity index (χ1v) is 23.6. The lowest BCUT2D eigenvalue weighted by molar-refractivity contribution is -0.143. The van der Waals surface area contributed by atoms with Crippen molar-refractivity contribution < 1.29 is 59.4 Å². The highest BCUT2D eigenvalue weighted by molar-refractivity contribution is 7.91. The van der Waals surface area contributed by atoms with Crippen molar-refractivity contribution in [3.05, 3.63) is 23.9 Å². The number of fused-ring (bicyclic) bond motifs is 7. The smallest absolute Gasteiger partial charge is 0.408 e. The predicted octanol–water partition coefficient (Wildman–Crippen LogP) is 6.68. The topological polar surface area (TPSA) is 183 Å². The third-order valence-corrected chi connectivity index (χ3v) is 17.0. The van der Waals surface area contributed by atoms with Crippen molar-refractivity contribution in [3.63, 3.8) is 0 Å². The summed E-state index contributed by atoms with van der Waals surface area (Å²) in [5.41, 5.74) is -3.51. The number of carbonyl (C=O) groups excluding carboxylic acids is 4. The number of nitrogens with zero attached hydrogens (tertiary/aromatic N) is 3. The number of hydrogen-bond acceptors (Lipinski definition) is 11. The van der Waals surface area contributed by atoms with Crippen molar-refractivity contribution in [2.24, 2.45) is 40.4 Å². The zero-order valence-corrected chi connectivity index (χ0v) is 37.2. The van der Waals surface area contributed by atoms with Crippen molar-refractivity contribution in [2.75, 3.05) is 13.7 Å². The summed E-state index contributed by atoms with van der Waals surface area (Å²) < 4.78 is 107. The van der Waals surface area contributed by atoms with Gasteiger partial charge in [-0.05, 0) is 93.6 Å². The Kier molecular flexibility index (Phi) is 11.5. The highest BCUT2D eigenvalue weighted by Gasteiger charge is 2.67. The molecule has 4 aliphatic carbocycles. The van der Waals surface area contributed by atoms with Gasteiger partial charge in [0.15, 0.2) is 11.5 Å². The molecule has 10 atom stereocenters. The Morgan fingerprint density at radius 3 is 2.40 bits per heavy atom. The Balaban J connectivity index is 1.20. The van der Waals surface area contributed by atoms with Crippen molar-refractivity contribution in [3.8, 4) is 11.6 Å². The maximum Gasteiger partial charge on any atom is 0.408 e. The highest BCUT2D eigenvalue weighted by atomic mass is 32.2. The third-order valence-electron chi connectivity index (χ3n) is 14.8. The van der Waals surface area contributed by atoms with Gasteiger partial charge in [0.2, 0.25) is 34.1 Å². The number of Topliss-reactive ketones (excluding diaryl/α,β-unsaturated/α-hetero) is 1. The number of alkyl carbamates (subject to hydrolysis) is 1. The zero-order valence-electron chi connectivity index (χ0n) is 36.4. The van der Waals surface area contributed by atoms with E-state index < -0.39 is 135 Å². The number of halogens is 4. The second-order valence-corrected chi connectivity index (χ2v) is 22.3. The highest BCUT2D eigenvalue weighted by Crippen LogP contribution is 2.60. The summed E-state index contributed by atoms with van der Waals surface area (Å²) in [5, 5.41) is 2.76. The van der Waals surface area contributed by atoms with Crippen LogP contribution in [0.1, 0.15) is 111 Å². The van der Waals surface area contributed by atoms with E-state index in [0.717, 1.165) is 11.3 Å². The molecule has 1 aromatic carbocycles. The van der Waals surface area contributed by atoms with Crippen molar-refractivity contribution in [1.82, 2.24) is 24.9 Å². The molecule has 0 unspecified atom stereocenters. The largest absolute Gasteiger partial charge is 0.497 e. The third kappa shape index (κ3) is 8.44. The van der Waals surface area contributed by atoms with E-state index in [1.807, 2.05) is 4.72 Å². The molecule has 0 spiro atoms.